The summed E-state index contributed by atoms with van der Waals surface area (Å²) in [5, 5.41) is 0.247. The van der Waals surface area contributed by atoms with Gasteiger partial charge in [-0.2, -0.15) is 0 Å². The Morgan fingerprint density at radius 2 is 1.32 bits per heavy atom. The number of nitrogens with two attached hydrogens (primary N) is 1. The lowest BCUT2D eigenvalue weighted by Crippen LogP contribution is -2.40. The van der Waals surface area contributed by atoms with E-state index in [2.05, 4.69) is 70.3 Å². The maximum atomic E-state index is 6.26. The maximum absolute atomic E-state index is 6.26. The Morgan fingerprint density at radius 3 is 1.77 bits per heavy atom. The van der Waals surface area contributed by atoms with Gasteiger partial charge >= 0.3 is 0 Å². The number of hydrogen-bond donors (Lipinski definition) is 1. The molecule has 0 aliphatic carbocycles. The molecule has 0 aromatic heterocycles. The summed E-state index contributed by atoms with van der Waals surface area (Å²) in [7, 11) is -1.69. The molecule has 2 aromatic carbocycles. The summed E-state index contributed by atoms with van der Waals surface area (Å²) in [5.74, 6) is 0. The third-order valence-electron chi connectivity index (χ3n) is 4.60. The lowest BCUT2D eigenvalue weighted by molar-refractivity contribution is 0.276. The smallest absolute Gasteiger partial charge is 0.192 e. The molecule has 2 rings (SSSR count). The molecule has 0 atom stereocenters. The van der Waals surface area contributed by atoms with Gasteiger partial charge in [-0.15, -0.1) is 0 Å². The summed E-state index contributed by atoms with van der Waals surface area (Å²) in [5.41, 5.74) is 10.1. The van der Waals surface area contributed by atoms with E-state index in [-0.39, 0.29) is 5.04 Å². The molecule has 0 radical (unpaired) electrons. The molecule has 0 saturated heterocycles. The molecule has 2 nitrogen and oxygen atoms in total. The predicted molar refractivity (Wildman–Crippen MR) is 98.3 cm³/mol. The van der Waals surface area contributed by atoms with Crippen LogP contribution in [0.1, 0.15) is 26.3 Å². The molecule has 2 N–H and O–H groups in total. The Hall–Kier alpha value is -1.58. The highest BCUT2D eigenvalue weighted by atomic mass is 28.4. The molecule has 0 aliphatic rings. The second-order valence-corrected chi connectivity index (χ2v) is 12.2. The van der Waals surface area contributed by atoms with Gasteiger partial charge in [0.25, 0.3) is 0 Å². The summed E-state index contributed by atoms with van der Waals surface area (Å²) in [4.78, 5) is 0. The Bertz CT molecular complexity index is 609. The Labute approximate surface area is 135 Å². The van der Waals surface area contributed by atoms with Crippen molar-refractivity contribution in [3.05, 3.63) is 54.1 Å². The van der Waals surface area contributed by atoms with E-state index in [9.17, 15) is 0 Å². The minimum atomic E-state index is -1.69. The highest BCUT2D eigenvalue weighted by Gasteiger charge is 2.36. The van der Waals surface area contributed by atoms with Crippen LogP contribution in [0.25, 0.3) is 11.1 Å². The van der Waals surface area contributed by atoms with Crippen LogP contribution in [0.15, 0.2) is 48.5 Å². The fraction of sp³-hybridized carbons (Fsp3) is 0.368. The lowest BCUT2D eigenvalue weighted by atomic mass is 10.0. The van der Waals surface area contributed by atoms with Gasteiger partial charge in [-0.05, 0) is 47.0 Å². The molecule has 0 heterocycles. The zero-order valence-corrected chi connectivity index (χ0v) is 15.3. The van der Waals surface area contributed by atoms with E-state index in [0.717, 1.165) is 5.69 Å². The zero-order chi connectivity index (χ0) is 16.4. The van der Waals surface area contributed by atoms with Gasteiger partial charge in [0.1, 0.15) is 0 Å². The lowest BCUT2D eigenvalue weighted by Gasteiger charge is -2.36. The number of rotatable bonds is 4. The second kappa shape index (κ2) is 6.27. The van der Waals surface area contributed by atoms with Gasteiger partial charge in [0, 0.05) is 5.69 Å². The van der Waals surface area contributed by atoms with Gasteiger partial charge in [0.05, 0.1) is 6.61 Å². The third-order valence-corrected chi connectivity index (χ3v) is 9.08. The van der Waals surface area contributed by atoms with Crippen molar-refractivity contribution < 1.29 is 4.43 Å². The van der Waals surface area contributed by atoms with Crippen molar-refractivity contribution in [1.82, 2.24) is 0 Å². The van der Waals surface area contributed by atoms with Gasteiger partial charge in [-0.25, -0.2) is 0 Å². The van der Waals surface area contributed by atoms with Crippen LogP contribution >= 0.6 is 0 Å². The van der Waals surface area contributed by atoms with Crippen LogP contribution in [0.2, 0.25) is 18.1 Å². The molecule has 0 amide bonds. The van der Waals surface area contributed by atoms with E-state index < -0.39 is 8.32 Å². The molecular weight excluding hydrogens is 286 g/mol. The van der Waals surface area contributed by atoms with Gasteiger partial charge in [0.15, 0.2) is 8.32 Å². The van der Waals surface area contributed by atoms with E-state index in [4.69, 9.17) is 10.2 Å². The quantitative estimate of drug-likeness (QED) is 0.601. The molecule has 0 fully saturated rings. The highest BCUT2D eigenvalue weighted by Crippen LogP contribution is 2.37. The zero-order valence-electron chi connectivity index (χ0n) is 14.3. The van der Waals surface area contributed by atoms with Crippen LogP contribution in [0.4, 0.5) is 5.69 Å². The predicted octanol–water partition coefficient (Wildman–Crippen LogP) is 5.46. The van der Waals surface area contributed by atoms with Crippen molar-refractivity contribution in [3.8, 4) is 11.1 Å². The van der Waals surface area contributed by atoms with E-state index in [1.165, 1.54) is 16.7 Å². The molecule has 0 saturated carbocycles. The molecule has 3 heteroatoms. The highest BCUT2D eigenvalue weighted by molar-refractivity contribution is 6.74. The van der Waals surface area contributed by atoms with E-state index >= 15 is 0 Å². The van der Waals surface area contributed by atoms with Crippen molar-refractivity contribution in [1.29, 1.82) is 0 Å². The minimum Gasteiger partial charge on any atom is -0.413 e. The molecule has 0 bridgehead atoms. The number of nitrogen functional groups attached to an aromatic ring is 1. The average Bonchev–Trinajstić information content (AvgIpc) is 2.45. The normalized spacial score (nSPS) is 12.4. The van der Waals surface area contributed by atoms with Gasteiger partial charge < -0.3 is 10.2 Å². The molecule has 0 spiro atoms. The van der Waals surface area contributed by atoms with E-state index in [0.29, 0.717) is 6.61 Å². The van der Waals surface area contributed by atoms with Crippen molar-refractivity contribution in [3.63, 3.8) is 0 Å². The summed E-state index contributed by atoms with van der Waals surface area (Å²) in [6, 6.07) is 16.6. The standard InChI is InChI=1S/C19H27NOSi/c1-19(2,3)22(4,5)21-14-15-6-8-16(9-7-15)17-10-12-18(20)13-11-17/h6-13H,14,20H2,1-5H3. The van der Waals surface area contributed by atoms with Gasteiger partial charge in [-0.1, -0.05) is 57.2 Å². The van der Waals surface area contributed by atoms with Gasteiger partial charge in [-0.3, -0.25) is 0 Å². The summed E-state index contributed by atoms with van der Waals surface area (Å²) in [6.07, 6.45) is 0. The summed E-state index contributed by atoms with van der Waals surface area (Å²) in [6.45, 7) is 12.1. The van der Waals surface area contributed by atoms with Crippen LogP contribution in [-0.2, 0) is 11.0 Å². The summed E-state index contributed by atoms with van der Waals surface area (Å²) < 4.78 is 6.26. The fourth-order valence-electron chi connectivity index (χ4n) is 1.95. The fourth-order valence-corrected chi connectivity index (χ4v) is 2.91. The Balaban J connectivity index is 2.05. The first kappa shape index (κ1) is 16.8. The van der Waals surface area contributed by atoms with Crippen LogP contribution in [0.5, 0.6) is 0 Å². The molecule has 118 valence electrons. The number of anilines is 1. The minimum absolute atomic E-state index is 0.247. The first-order valence-electron chi connectivity index (χ1n) is 7.78. The van der Waals surface area contributed by atoms with Crippen molar-refractivity contribution >= 4 is 14.0 Å². The topological polar surface area (TPSA) is 35.2 Å². The van der Waals surface area contributed by atoms with Crippen molar-refractivity contribution in [2.45, 2.75) is 45.5 Å². The van der Waals surface area contributed by atoms with Crippen molar-refractivity contribution in [2.24, 2.45) is 0 Å². The first-order chi connectivity index (χ1) is 10.2. The SMILES string of the molecule is CC(C)(C)[Si](C)(C)OCc1ccc(-c2ccc(N)cc2)cc1. The molecular formula is C19H27NOSi. The van der Waals surface area contributed by atoms with Crippen LogP contribution < -0.4 is 5.73 Å². The van der Waals surface area contributed by atoms with Crippen molar-refractivity contribution in [2.75, 3.05) is 5.73 Å². The Morgan fingerprint density at radius 1 is 0.864 bits per heavy atom. The van der Waals surface area contributed by atoms with Crippen LogP contribution in [0.3, 0.4) is 0 Å². The second-order valence-electron chi connectivity index (χ2n) is 7.37. The number of benzene rings is 2. The van der Waals surface area contributed by atoms with Crippen LogP contribution in [0, 0.1) is 0 Å². The maximum Gasteiger partial charge on any atom is 0.192 e. The van der Waals surface area contributed by atoms with Gasteiger partial charge in [0.2, 0.25) is 0 Å². The monoisotopic (exact) mass is 313 g/mol. The van der Waals surface area contributed by atoms with Crippen LogP contribution in [-0.4, -0.2) is 8.32 Å². The molecule has 2 aromatic rings. The number of hydrogen-bond acceptors (Lipinski definition) is 2. The van der Waals surface area contributed by atoms with E-state index in [1.54, 1.807) is 0 Å². The molecule has 0 unspecified atom stereocenters. The Kier molecular flexibility index (Phi) is 4.78. The molecule has 22 heavy (non-hydrogen) atoms. The third kappa shape index (κ3) is 3.99. The summed E-state index contributed by atoms with van der Waals surface area (Å²) >= 11 is 0. The average molecular weight is 314 g/mol. The molecule has 0 aliphatic heterocycles. The first-order valence-corrected chi connectivity index (χ1v) is 10.7. The van der Waals surface area contributed by atoms with E-state index in [1.807, 2.05) is 12.1 Å². The largest absolute Gasteiger partial charge is 0.413 e.